The number of nitrogens with zero attached hydrogens (tertiary/aromatic N) is 1. The monoisotopic (exact) mass is 346 g/mol. The topological polar surface area (TPSA) is 81.5 Å². The van der Waals surface area contributed by atoms with Crippen molar-refractivity contribution in [1.29, 1.82) is 0 Å². The molecule has 0 atom stereocenters. The van der Waals surface area contributed by atoms with E-state index >= 15 is 0 Å². The fourth-order valence-corrected chi connectivity index (χ4v) is 1.78. The summed E-state index contributed by atoms with van der Waals surface area (Å²) in [6.07, 6.45) is 0. The molecule has 0 aliphatic carbocycles. The Bertz CT molecular complexity index is 842. The van der Waals surface area contributed by atoms with Crippen molar-refractivity contribution in [3.8, 4) is 17.6 Å². The number of benzene rings is 2. The second-order valence-corrected chi connectivity index (χ2v) is 4.70. The molecule has 1 amide bonds. The maximum absolute atomic E-state index is 13.3. The Morgan fingerprint density at radius 3 is 2.52 bits per heavy atom. The molecule has 0 fully saturated rings. The van der Waals surface area contributed by atoms with Crippen LogP contribution in [0.25, 0.3) is 0 Å². The van der Waals surface area contributed by atoms with Gasteiger partial charge in [-0.3, -0.25) is 14.9 Å². The predicted octanol–water partition coefficient (Wildman–Crippen LogP) is 2.69. The van der Waals surface area contributed by atoms with Gasteiger partial charge in [-0.1, -0.05) is 11.8 Å². The molecule has 128 valence electrons. The first-order valence-corrected chi connectivity index (χ1v) is 7.03. The molecule has 0 heterocycles. The highest BCUT2D eigenvalue weighted by molar-refractivity contribution is 5.94. The summed E-state index contributed by atoms with van der Waals surface area (Å²) in [5.74, 6) is 3.09. The van der Waals surface area contributed by atoms with Crippen molar-refractivity contribution in [2.24, 2.45) is 0 Å². The Balaban J connectivity index is 1.78. The smallest absolute Gasteiger partial charge is 0.269 e. The van der Waals surface area contributed by atoms with Gasteiger partial charge in [-0.05, 0) is 24.3 Å². The van der Waals surface area contributed by atoms with Crippen LogP contribution in [0.5, 0.6) is 5.75 Å². The molecule has 25 heavy (non-hydrogen) atoms. The van der Waals surface area contributed by atoms with Gasteiger partial charge < -0.3 is 10.1 Å². The number of nitro groups is 1. The van der Waals surface area contributed by atoms with Crippen LogP contribution in [-0.2, 0) is 0 Å². The number of nitrogens with one attached hydrogen (secondary N) is 1. The van der Waals surface area contributed by atoms with Crippen LogP contribution < -0.4 is 10.1 Å². The molecule has 0 aromatic heterocycles. The molecule has 0 aliphatic heterocycles. The average molecular weight is 346 g/mol. The van der Waals surface area contributed by atoms with Crippen molar-refractivity contribution in [2.45, 2.75) is 0 Å². The van der Waals surface area contributed by atoms with E-state index in [1.165, 1.54) is 24.3 Å². The number of hydrogen-bond donors (Lipinski definition) is 1. The van der Waals surface area contributed by atoms with E-state index in [0.717, 1.165) is 12.1 Å². The SMILES string of the molecule is O=C(NCC#CCOc1ccc(F)cc1F)c1ccc([N+](=O)[O-])cc1. The van der Waals surface area contributed by atoms with Crippen molar-refractivity contribution < 1.29 is 23.2 Å². The van der Waals surface area contributed by atoms with E-state index in [1.807, 2.05) is 0 Å². The van der Waals surface area contributed by atoms with Gasteiger partial charge in [0.2, 0.25) is 0 Å². The Kier molecular flexibility index (Phi) is 6.01. The van der Waals surface area contributed by atoms with Gasteiger partial charge >= 0.3 is 0 Å². The summed E-state index contributed by atoms with van der Waals surface area (Å²) in [6, 6.07) is 8.05. The van der Waals surface area contributed by atoms with Crippen molar-refractivity contribution in [3.05, 3.63) is 69.8 Å². The Morgan fingerprint density at radius 1 is 1.16 bits per heavy atom. The Labute approximate surface area is 141 Å². The number of hydrogen-bond acceptors (Lipinski definition) is 4. The molecule has 1 N–H and O–H groups in total. The molecule has 2 aromatic carbocycles. The molecule has 2 aromatic rings. The van der Waals surface area contributed by atoms with Gasteiger partial charge in [0.15, 0.2) is 11.6 Å². The van der Waals surface area contributed by atoms with Crippen LogP contribution in [-0.4, -0.2) is 24.0 Å². The molecule has 2 rings (SSSR count). The molecule has 0 saturated heterocycles. The third-order valence-electron chi connectivity index (χ3n) is 3.00. The summed E-state index contributed by atoms with van der Waals surface area (Å²) in [6.45, 7) is -0.110. The summed E-state index contributed by atoms with van der Waals surface area (Å²) in [4.78, 5) is 21.8. The van der Waals surface area contributed by atoms with E-state index < -0.39 is 22.5 Å². The fraction of sp³-hybridized carbons (Fsp3) is 0.118. The maximum atomic E-state index is 13.3. The molecular formula is C17H12F2N2O4. The lowest BCUT2D eigenvalue weighted by Crippen LogP contribution is -2.23. The number of rotatable bonds is 5. The normalized spacial score (nSPS) is 9.68. The van der Waals surface area contributed by atoms with Gasteiger partial charge in [0.25, 0.3) is 11.6 Å². The van der Waals surface area contributed by atoms with Gasteiger partial charge in [-0.15, -0.1) is 0 Å². The van der Waals surface area contributed by atoms with Crippen LogP contribution in [0.4, 0.5) is 14.5 Å². The lowest BCUT2D eigenvalue weighted by Gasteiger charge is -2.03. The van der Waals surface area contributed by atoms with Crippen molar-refractivity contribution >= 4 is 11.6 Å². The van der Waals surface area contributed by atoms with E-state index in [9.17, 15) is 23.7 Å². The second-order valence-electron chi connectivity index (χ2n) is 4.70. The van der Waals surface area contributed by atoms with Crippen molar-refractivity contribution in [3.63, 3.8) is 0 Å². The fourth-order valence-electron chi connectivity index (χ4n) is 1.78. The third kappa shape index (κ3) is 5.28. The molecule has 0 unspecified atom stereocenters. The van der Waals surface area contributed by atoms with E-state index in [4.69, 9.17) is 4.74 Å². The average Bonchev–Trinajstić information content (AvgIpc) is 2.59. The number of halogens is 2. The summed E-state index contributed by atoms with van der Waals surface area (Å²) >= 11 is 0. The molecule has 0 aliphatic rings. The zero-order valence-electron chi connectivity index (χ0n) is 12.8. The van der Waals surface area contributed by atoms with E-state index in [-0.39, 0.29) is 30.2 Å². The molecule has 0 spiro atoms. The molecule has 0 saturated carbocycles. The highest BCUT2D eigenvalue weighted by Crippen LogP contribution is 2.17. The highest BCUT2D eigenvalue weighted by Gasteiger charge is 2.08. The summed E-state index contributed by atoms with van der Waals surface area (Å²) in [7, 11) is 0. The quantitative estimate of drug-likeness (QED) is 0.513. The number of carbonyl (C=O) groups is 1. The van der Waals surface area contributed by atoms with Gasteiger partial charge in [0.05, 0.1) is 11.5 Å². The van der Waals surface area contributed by atoms with Gasteiger partial charge in [-0.2, -0.15) is 0 Å². The number of carbonyl (C=O) groups excluding carboxylic acids is 1. The zero-order valence-corrected chi connectivity index (χ0v) is 12.8. The number of non-ortho nitro benzene ring substituents is 1. The number of ether oxygens (including phenoxy) is 1. The summed E-state index contributed by atoms with van der Waals surface area (Å²) in [5, 5.41) is 13.0. The van der Waals surface area contributed by atoms with E-state index in [2.05, 4.69) is 17.2 Å². The number of amides is 1. The van der Waals surface area contributed by atoms with Crippen LogP contribution in [0.3, 0.4) is 0 Å². The van der Waals surface area contributed by atoms with Crippen LogP contribution in [0.15, 0.2) is 42.5 Å². The largest absolute Gasteiger partial charge is 0.478 e. The van der Waals surface area contributed by atoms with E-state index in [0.29, 0.717) is 6.07 Å². The Morgan fingerprint density at radius 2 is 1.88 bits per heavy atom. The van der Waals surface area contributed by atoms with Crippen LogP contribution in [0.2, 0.25) is 0 Å². The van der Waals surface area contributed by atoms with Gasteiger partial charge in [0, 0.05) is 23.8 Å². The molecule has 8 heteroatoms. The summed E-state index contributed by atoms with van der Waals surface area (Å²) in [5.41, 5.74) is 0.151. The minimum atomic E-state index is -0.826. The van der Waals surface area contributed by atoms with Crippen molar-refractivity contribution in [1.82, 2.24) is 5.32 Å². The minimum Gasteiger partial charge on any atom is -0.478 e. The predicted molar refractivity (Wildman–Crippen MR) is 85.1 cm³/mol. The van der Waals surface area contributed by atoms with Gasteiger partial charge in [0.1, 0.15) is 12.4 Å². The zero-order chi connectivity index (χ0) is 18.2. The van der Waals surface area contributed by atoms with Crippen molar-refractivity contribution in [2.75, 3.05) is 13.2 Å². The molecule has 0 radical (unpaired) electrons. The molecule has 0 bridgehead atoms. The Hall–Kier alpha value is -3.47. The minimum absolute atomic E-state index is 0.0189. The van der Waals surface area contributed by atoms with Crippen LogP contribution in [0.1, 0.15) is 10.4 Å². The number of nitro benzene ring substituents is 1. The van der Waals surface area contributed by atoms with Gasteiger partial charge in [-0.25, -0.2) is 8.78 Å². The first kappa shape index (κ1) is 17.9. The van der Waals surface area contributed by atoms with E-state index in [1.54, 1.807) is 0 Å². The molecular weight excluding hydrogens is 334 g/mol. The lowest BCUT2D eigenvalue weighted by atomic mass is 10.2. The standard InChI is InChI=1S/C17H12F2N2O4/c18-13-5-8-16(15(19)11-13)25-10-2-1-9-20-17(22)12-3-6-14(7-4-12)21(23)24/h3-8,11H,9-10H2,(H,20,22). The first-order chi connectivity index (χ1) is 12.0. The van der Waals surface area contributed by atoms with Crippen LogP contribution in [0, 0.1) is 33.6 Å². The van der Waals surface area contributed by atoms with Crippen LogP contribution >= 0.6 is 0 Å². The molecule has 6 nitrogen and oxygen atoms in total. The lowest BCUT2D eigenvalue weighted by molar-refractivity contribution is -0.384. The third-order valence-corrected chi connectivity index (χ3v) is 3.00. The maximum Gasteiger partial charge on any atom is 0.269 e. The second kappa shape index (κ2) is 8.40. The first-order valence-electron chi connectivity index (χ1n) is 7.03. The summed E-state index contributed by atoms with van der Waals surface area (Å²) < 4.78 is 31.0. The highest BCUT2D eigenvalue weighted by atomic mass is 19.1.